The van der Waals surface area contributed by atoms with Crippen molar-refractivity contribution in [1.29, 1.82) is 0 Å². The van der Waals surface area contributed by atoms with Crippen molar-refractivity contribution >= 4 is 17.1 Å². The van der Waals surface area contributed by atoms with Gasteiger partial charge in [-0.2, -0.15) is 0 Å². The third-order valence-electron chi connectivity index (χ3n) is 9.06. The number of ketones is 2. The van der Waals surface area contributed by atoms with E-state index in [1.807, 2.05) is 18.2 Å². The Morgan fingerprint density at radius 1 is 0.943 bits per heavy atom. The number of rotatable bonds is 2. The van der Waals surface area contributed by atoms with E-state index in [4.69, 9.17) is 9.47 Å². The topological polar surface area (TPSA) is 72.8 Å². The van der Waals surface area contributed by atoms with Gasteiger partial charge in [0.1, 0.15) is 5.60 Å². The second-order valence-corrected chi connectivity index (χ2v) is 12.9. The summed E-state index contributed by atoms with van der Waals surface area (Å²) in [6.45, 7) is 12.3. The molecule has 1 heterocycles. The normalized spacial score (nSPS) is 37.9. The number of allylic oxidation sites excluding steroid dienone is 3. The predicted molar refractivity (Wildman–Crippen MR) is 133 cm³/mol. The van der Waals surface area contributed by atoms with Crippen molar-refractivity contribution in [1.82, 2.24) is 0 Å². The molecule has 1 N–H and O–H groups in total. The molecule has 5 aliphatic rings. The smallest absolute Gasteiger partial charge is 0.189 e. The lowest BCUT2D eigenvalue weighted by Crippen LogP contribution is -2.42. The molecule has 0 saturated heterocycles. The lowest BCUT2D eigenvalue weighted by molar-refractivity contribution is -0.197. The average Bonchev–Trinajstić information content (AvgIpc) is 3.39. The summed E-state index contributed by atoms with van der Waals surface area (Å²) in [6.07, 6.45) is 6.58. The molecule has 0 amide bonds. The Labute approximate surface area is 206 Å². The second kappa shape index (κ2) is 6.70. The van der Waals surface area contributed by atoms with Gasteiger partial charge in [0.25, 0.3) is 0 Å². The number of aliphatic hydroxyl groups is 1. The van der Waals surface area contributed by atoms with Gasteiger partial charge in [-0.05, 0) is 66.9 Å². The van der Waals surface area contributed by atoms with Crippen LogP contribution in [0.1, 0.15) is 87.7 Å². The fourth-order valence-electron chi connectivity index (χ4n) is 7.49. The molecule has 1 aromatic carbocycles. The highest BCUT2D eigenvalue weighted by molar-refractivity contribution is 6.15. The molecule has 0 radical (unpaired) electrons. The molecule has 0 saturated carbocycles. The fourth-order valence-corrected chi connectivity index (χ4v) is 7.49. The number of benzene rings is 1. The molecular formula is C30H34O5. The number of fused-ring (bicyclic) bond motifs is 3. The van der Waals surface area contributed by atoms with Crippen molar-refractivity contribution in [2.75, 3.05) is 7.11 Å². The first-order chi connectivity index (χ1) is 16.2. The molecule has 5 nitrogen and oxygen atoms in total. The maximum atomic E-state index is 13.9. The molecule has 184 valence electrons. The monoisotopic (exact) mass is 474 g/mol. The Balaban J connectivity index is 1.55. The van der Waals surface area contributed by atoms with Crippen LogP contribution in [0.4, 0.5) is 0 Å². The van der Waals surface area contributed by atoms with Crippen molar-refractivity contribution in [3.63, 3.8) is 0 Å². The minimum absolute atomic E-state index is 0.0152. The summed E-state index contributed by atoms with van der Waals surface area (Å²) in [5.41, 5.74) is 2.87. The van der Waals surface area contributed by atoms with Gasteiger partial charge in [0, 0.05) is 46.8 Å². The van der Waals surface area contributed by atoms with Crippen LogP contribution in [-0.4, -0.2) is 29.4 Å². The molecule has 35 heavy (non-hydrogen) atoms. The Morgan fingerprint density at radius 2 is 1.57 bits per heavy atom. The van der Waals surface area contributed by atoms with E-state index in [9.17, 15) is 14.7 Å². The van der Waals surface area contributed by atoms with Crippen LogP contribution in [0, 0.1) is 22.7 Å². The first-order valence-electron chi connectivity index (χ1n) is 12.6. The number of ether oxygens (including phenoxy) is 2. The van der Waals surface area contributed by atoms with Crippen LogP contribution in [0.2, 0.25) is 0 Å². The van der Waals surface area contributed by atoms with Gasteiger partial charge in [0.2, 0.25) is 0 Å². The van der Waals surface area contributed by atoms with Crippen molar-refractivity contribution < 1.29 is 24.2 Å². The minimum atomic E-state index is -1.24. The molecule has 1 aliphatic heterocycles. The van der Waals surface area contributed by atoms with E-state index in [2.05, 4.69) is 40.7 Å². The molecule has 5 atom stereocenters. The van der Waals surface area contributed by atoms with Crippen molar-refractivity contribution in [2.24, 2.45) is 22.7 Å². The molecule has 0 aromatic heterocycles. The van der Waals surface area contributed by atoms with Gasteiger partial charge in [0.15, 0.2) is 17.9 Å². The van der Waals surface area contributed by atoms with E-state index in [0.29, 0.717) is 28.7 Å². The zero-order valence-electron chi connectivity index (χ0n) is 21.6. The molecule has 0 bridgehead atoms. The van der Waals surface area contributed by atoms with Gasteiger partial charge >= 0.3 is 0 Å². The third kappa shape index (κ3) is 2.98. The Morgan fingerprint density at radius 3 is 2.23 bits per heavy atom. The molecule has 4 aliphatic carbocycles. The molecule has 1 aromatic rings. The number of carbonyl (C=O) groups is 2. The summed E-state index contributed by atoms with van der Waals surface area (Å²) in [4.78, 5) is 27.0. The van der Waals surface area contributed by atoms with Crippen LogP contribution in [0.25, 0.3) is 5.57 Å². The van der Waals surface area contributed by atoms with E-state index in [-0.39, 0.29) is 34.2 Å². The first-order valence-corrected chi connectivity index (χ1v) is 12.6. The van der Waals surface area contributed by atoms with E-state index in [1.165, 1.54) is 0 Å². The Kier molecular flexibility index (Phi) is 4.42. The van der Waals surface area contributed by atoms with Gasteiger partial charge < -0.3 is 14.6 Å². The first kappa shape index (κ1) is 23.1. The van der Waals surface area contributed by atoms with Gasteiger partial charge in [-0.1, -0.05) is 39.8 Å². The molecule has 6 rings (SSSR count). The SMILES string of the molecule is COC1OC2(C)c3c(cc(C4=CC(=O)C5=CC(C)(C)CC5C4(C)O)cc31)C(=O)C1=CC(C)(C)CC12. The molecule has 5 heteroatoms. The number of Topliss-reactive ketones (excluding diaryl/α,β-unsaturated/α-hetero) is 1. The van der Waals surface area contributed by atoms with Crippen molar-refractivity contribution in [3.8, 4) is 0 Å². The summed E-state index contributed by atoms with van der Waals surface area (Å²) in [5, 5.41) is 11.8. The maximum absolute atomic E-state index is 13.9. The lowest BCUT2D eigenvalue weighted by Gasteiger charge is -2.40. The average molecular weight is 475 g/mol. The minimum Gasteiger partial charge on any atom is -0.385 e. The van der Waals surface area contributed by atoms with Gasteiger partial charge in [0.05, 0.1) is 5.60 Å². The Hall–Kier alpha value is -2.34. The summed E-state index contributed by atoms with van der Waals surface area (Å²) >= 11 is 0. The molecular weight excluding hydrogens is 440 g/mol. The van der Waals surface area contributed by atoms with Crippen LogP contribution in [0.3, 0.4) is 0 Å². The zero-order chi connectivity index (χ0) is 25.3. The van der Waals surface area contributed by atoms with Crippen LogP contribution in [0.5, 0.6) is 0 Å². The molecule has 5 unspecified atom stereocenters. The van der Waals surface area contributed by atoms with Crippen molar-refractivity contribution in [3.05, 3.63) is 63.8 Å². The van der Waals surface area contributed by atoms with Gasteiger partial charge in [-0.25, -0.2) is 0 Å². The summed E-state index contributed by atoms with van der Waals surface area (Å²) in [6, 6.07) is 3.83. The fraction of sp³-hybridized carbons (Fsp3) is 0.533. The molecule has 0 fully saturated rings. The van der Waals surface area contributed by atoms with Gasteiger partial charge in [-0.15, -0.1) is 0 Å². The van der Waals surface area contributed by atoms with Crippen molar-refractivity contribution in [2.45, 2.75) is 71.9 Å². The van der Waals surface area contributed by atoms with Crippen LogP contribution < -0.4 is 0 Å². The highest BCUT2D eigenvalue weighted by atomic mass is 16.7. The van der Waals surface area contributed by atoms with E-state index in [0.717, 1.165) is 23.1 Å². The van der Waals surface area contributed by atoms with Crippen LogP contribution in [-0.2, 0) is 19.9 Å². The highest BCUT2D eigenvalue weighted by Gasteiger charge is 2.58. The quantitative estimate of drug-likeness (QED) is 0.618. The second-order valence-electron chi connectivity index (χ2n) is 12.9. The largest absolute Gasteiger partial charge is 0.385 e. The predicted octanol–water partition coefficient (Wildman–Crippen LogP) is 5.44. The number of carbonyl (C=O) groups excluding carboxylic acids is 2. The van der Waals surface area contributed by atoms with Gasteiger partial charge in [-0.3, -0.25) is 9.59 Å². The maximum Gasteiger partial charge on any atom is 0.189 e. The van der Waals surface area contributed by atoms with Crippen LogP contribution >= 0.6 is 0 Å². The summed E-state index contributed by atoms with van der Waals surface area (Å²) in [5.74, 6) is -0.365. The summed E-state index contributed by atoms with van der Waals surface area (Å²) < 4.78 is 12.3. The zero-order valence-corrected chi connectivity index (χ0v) is 21.6. The Bertz CT molecular complexity index is 1300. The van der Waals surface area contributed by atoms with E-state index >= 15 is 0 Å². The lowest BCUT2D eigenvalue weighted by atomic mass is 9.66. The highest BCUT2D eigenvalue weighted by Crippen LogP contribution is 2.61. The molecule has 0 spiro atoms. The van der Waals surface area contributed by atoms with E-state index < -0.39 is 17.5 Å². The number of hydrogen-bond acceptors (Lipinski definition) is 5. The van der Waals surface area contributed by atoms with E-state index in [1.54, 1.807) is 20.1 Å². The van der Waals surface area contributed by atoms with Crippen LogP contribution in [0.15, 0.2) is 41.5 Å². The third-order valence-corrected chi connectivity index (χ3v) is 9.06. The standard InChI is InChI=1S/C30H34O5/c1-27(2)11-18-21(13-27)29(5,33)20(10-23(18)31)15-8-16-24-17(9-15)26(34-7)35-30(24,6)22-14-28(3,4)12-19(22)25(16)32/h8-12,21-22,26,33H,13-14H2,1-7H3. The number of methoxy groups -OCH3 is 1. The summed E-state index contributed by atoms with van der Waals surface area (Å²) in [7, 11) is 1.61. The number of hydrogen-bond donors (Lipinski definition) is 1.